The molecule has 0 aromatic heterocycles. The van der Waals surface area contributed by atoms with Gasteiger partial charge in [0.05, 0.1) is 15.7 Å². The van der Waals surface area contributed by atoms with Gasteiger partial charge in [0.15, 0.2) is 5.82 Å². The highest BCUT2D eigenvalue weighted by Crippen LogP contribution is 2.31. The first-order chi connectivity index (χ1) is 20.8. The van der Waals surface area contributed by atoms with Crippen molar-refractivity contribution in [3.63, 3.8) is 0 Å². The van der Waals surface area contributed by atoms with E-state index in [2.05, 4.69) is 24.5 Å². The monoisotopic (exact) mass is 651 g/mol. The average molecular weight is 653 g/mol. The number of nitrogens with one attached hydrogen (secondary N) is 2. The molecule has 2 aliphatic heterocycles. The smallest absolute Gasteiger partial charge is 0.247 e. The van der Waals surface area contributed by atoms with Crippen molar-refractivity contribution >= 4 is 52.5 Å². The maximum atomic E-state index is 14.6. The van der Waals surface area contributed by atoms with Crippen molar-refractivity contribution in [2.75, 3.05) is 25.0 Å². The zero-order chi connectivity index (χ0) is 32.2. The van der Waals surface area contributed by atoms with Crippen molar-refractivity contribution < 1.29 is 28.0 Å². The molecule has 0 aliphatic carbocycles. The summed E-state index contributed by atoms with van der Waals surface area (Å²) in [4.78, 5) is 56.2. The van der Waals surface area contributed by atoms with Gasteiger partial charge in [-0.1, -0.05) is 43.1 Å². The third-order valence-electron chi connectivity index (χ3n) is 8.33. The Morgan fingerprint density at radius 2 is 1.70 bits per heavy atom. The number of nitrogens with zero attached hydrogens (tertiary/aromatic N) is 2. The van der Waals surface area contributed by atoms with Gasteiger partial charge in [0.2, 0.25) is 23.6 Å². The van der Waals surface area contributed by atoms with E-state index in [9.17, 15) is 28.0 Å². The molecule has 1 saturated heterocycles. The minimum Gasteiger partial charge on any atom is -0.343 e. The van der Waals surface area contributed by atoms with Crippen LogP contribution in [0.5, 0.6) is 0 Å². The molecule has 4 rings (SSSR count). The molecule has 2 heterocycles. The quantitative estimate of drug-likeness (QED) is 0.346. The SMILES string of the molecule is CC1(C)CCN(C(=O)CCC(=O)N2Cc3cc(F)ccc3C[C@H]2C(=O)N[C@@H](CCN)C(=O)Nc2ccc(Cl)c(Cl)c2F)CC1. The summed E-state index contributed by atoms with van der Waals surface area (Å²) in [6.45, 7) is 5.55. The molecule has 1 fully saturated rings. The van der Waals surface area contributed by atoms with Crippen molar-refractivity contribution in [2.24, 2.45) is 11.1 Å². The number of carbonyl (C=O) groups is 4. The fourth-order valence-corrected chi connectivity index (χ4v) is 5.78. The largest absolute Gasteiger partial charge is 0.343 e. The van der Waals surface area contributed by atoms with Gasteiger partial charge >= 0.3 is 0 Å². The Morgan fingerprint density at radius 3 is 2.39 bits per heavy atom. The molecule has 0 spiro atoms. The third-order valence-corrected chi connectivity index (χ3v) is 9.11. The second-order valence-corrected chi connectivity index (χ2v) is 12.8. The summed E-state index contributed by atoms with van der Waals surface area (Å²) >= 11 is 11.7. The van der Waals surface area contributed by atoms with E-state index < -0.39 is 41.4 Å². The van der Waals surface area contributed by atoms with Crippen LogP contribution in [0.15, 0.2) is 30.3 Å². The predicted molar refractivity (Wildman–Crippen MR) is 164 cm³/mol. The molecule has 0 bridgehead atoms. The molecule has 2 aromatic rings. The number of benzene rings is 2. The second-order valence-electron chi connectivity index (χ2n) is 12.1. The first-order valence-corrected chi connectivity index (χ1v) is 15.3. The summed E-state index contributed by atoms with van der Waals surface area (Å²) in [5.41, 5.74) is 6.88. The predicted octanol–water partition coefficient (Wildman–Crippen LogP) is 4.43. The van der Waals surface area contributed by atoms with Crippen molar-refractivity contribution in [3.05, 3.63) is 63.1 Å². The third kappa shape index (κ3) is 8.05. The number of halogens is 4. The molecule has 2 aromatic carbocycles. The normalized spacial score (nSPS) is 18.3. The van der Waals surface area contributed by atoms with Crippen molar-refractivity contribution in [1.29, 1.82) is 0 Å². The Hall–Kier alpha value is -3.28. The van der Waals surface area contributed by atoms with E-state index >= 15 is 0 Å². The van der Waals surface area contributed by atoms with Crippen LogP contribution in [0.4, 0.5) is 14.5 Å². The lowest BCUT2D eigenvalue weighted by molar-refractivity contribution is -0.144. The van der Waals surface area contributed by atoms with Gasteiger partial charge in [-0.15, -0.1) is 0 Å². The minimum atomic E-state index is -1.17. The number of piperidine rings is 1. The molecule has 4 N–H and O–H groups in total. The van der Waals surface area contributed by atoms with Gasteiger partial charge < -0.3 is 26.2 Å². The zero-order valence-electron chi connectivity index (χ0n) is 24.7. The van der Waals surface area contributed by atoms with E-state index in [1.54, 1.807) is 11.0 Å². The van der Waals surface area contributed by atoms with Crippen LogP contribution in [0.1, 0.15) is 57.1 Å². The van der Waals surface area contributed by atoms with Gasteiger partial charge in [-0.25, -0.2) is 8.78 Å². The van der Waals surface area contributed by atoms with E-state index in [0.717, 1.165) is 12.8 Å². The highest BCUT2D eigenvalue weighted by atomic mass is 35.5. The van der Waals surface area contributed by atoms with E-state index in [1.165, 1.54) is 29.2 Å². The van der Waals surface area contributed by atoms with Crippen LogP contribution >= 0.6 is 23.2 Å². The summed E-state index contributed by atoms with van der Waals surface area (Å²) in [5.74, 6) is -3.36. The van der Waals surface area contributed by atoms with Gasteiger partial charge in [-0.05, 0) is 66.6 Å². The highest BCUT2D eigenvalue weighted by Gasteiger charge is 2.37. The molecule has 13 heteroatoms. The number of fused-ring (bicyclic) bond motifs is 1. The van der Waals surface area contributed by atoms with E-state index in [4.69, 9.17) is 28.9 Å². The number of anilines is 1. The number of likely N-dealkylation sites (tertiary alicyclic amines) is 1. The van der Waals surface area contributed by atoms with Crippen LogP contribution in [0.2, 0.25) is 10.0 Å². The van der Waals surface area contributed by atoms with Crippen LogP contribution in [-0.4, -0.2) is 65.1 Å². The van der Waals surface area contributed by atoms with Crippen LogP contribution in [-0.2, 0) is 32.1 Å². The Labute approximate surface area is 265 Å². The first-order valence-electron chi connectivity index (χ1n) is 14.6. The molecule has 4 amide bonds. The number of amides is 4. The lowest BCUT2D eigenvalue weighted by atomic mass is 9.82. The number of hydrogen-bond donors (Lipinski definition) is 3. The molecule has 9 nitrogen and oxygen atoms in total. The van der Waals surface area contributed by atoms with Gasteiger partial charge in [0.1, 0.15) is 17.9 Å². The lowest BCUT2D eigenvalue weighted by Crippen LogP contribution is -2.56. The van der Waals surface area contributed by atoms with E-state index in [1.807, 2.05) is 0 Å². The van der Waals surface area contributed by atoms with Crippen LogP contribution < -0.4 is 16.4 Å². The topological polar surface area (TPSA) is 125 Å². The molecule has 238 valence electrons. The fraction of sp³-hybridized carbons (Fsp3) is 0.484. The van der Waals surface area contributed by atoms with Crippen LogP contribution in [0, 0.1) is 17.0 Å². The van der Waals surface area contributed by atoms with Crippen LogP contribution in [0.25, 0.3) is 0 Å². The molecule has 44 heavy (non-hydrogen) atoms. The maximum Gasteiger partial charge on any atom is 0.247 e. The van der Waals surface area contributed by atoms with Crippen molar-refractivity contribution in [3.8, 4) is 0 Å². The summed E-state index contributed by atoms with van der Waals surface area (Å²) in [6.07, 6.45) is 1.69. The van der Waals surface area contributed by atoms with Crippen LogP contribution in [0.3, 0.4) is 0 Å². The number of nitrogens with two attached hydrogens (primary N) is 1. The standard InChI is InChI=1S/C31H37Cl2F2N5O4/c1-31(2)10-13-39(14-11-31)25(41)7-8-26(42)40-17-19-15-20(34)4-3-18(19)16-24(40)30(44)38-23(9-12-36)29(43)37-22-6-5-21(32)27(33)28(22)35/h3-6,15,23-24H,7-14,16-17,36H2,1-2H3,(H,37,43)(H,38,44)/t23-,24-/m0/s1. The fourth-order valence-electron chi connectivity index (χ4n) is 5.47. The number of carbonyl (C=O) groups excluding carboxylic acids is 4. The summed E-state index contributed by atoms with van der Waals surface area (Å²) in [7, 11) is 0. The lowest BCUT2D eigenvalue weighted by Gasteiger charge is -2.38. The molecule has 0 unspecified atom stereocenters. The van der Waals surface area contributed by atoms with E-state index in [0.29, 0.717) is 24.2 Å². The Morgan fingerprint density at radius 1 is 1.02 bits per heavy atom. The van der Waals surface area contributed by atoms with E-state index in [-0.39, 0.29) is 65.8 Å². The van der Waals surface area contributed by atoms with Crippen molar-refractivity contribution in [1.82, 2.24) is 15.1 Å². The second kappa shape index (κ2) is 14.2. The average Bonchev–Trinajstić information content (AvgIpc) is 2.98. The molecule has 2 aliphatic rings. The Kier molecular flexibility index (Phi) is 10.9. The molecule has 0 saturated carbocycles. The van der Waals surface area contributed by atoms with Gasteiger partial charge in [-0.2, -0.15) is 0 Å². The van der Waals surface area contributed by atoms with Gasteiger partial charge in [0.25, 0.3) is 0 Å². The molecule has 0 radical (unpaired) electrons. The van der Waals surface area contributed by atoms with Gasteiger partial charge in [-0.3, -0.25) is 19.2 Å². The van der Waals surface area contributed by atoms with Crippen molar-refractivity contribution in [2.45, 2.75) is 71.0 Å². The molecule has 2 atom stereocenters. The molecular formula is C31H37Cl2F2N5O4. The minimum absolute atomic E-state index is 0.0180. The number of rotatable bonds is 9. The summed E-state index contributed by atoms with van der Waals surface area (Å²) in [5, 5.41) is 4.66. The summed E-state index contributed by atoms with van der Waals surface area (Å²) in [6, 6.07) is 4.51. The zero-order valence-corrected chi connectivity index (χ0v) is 26.2. The molecular weight excluding hydrogens is 615 g/mol. The maximum absolute atomic E-state index is 14.6. The first kappa shape index (κ1) is 33.6. The Bertz CT molecular complexity index is 1430. The highest BCUT2D eigenvalue weighted by molar-refractivity contribution is 6.42. The van der Waals surface area contributed by atoms with Gasteiger partial charge in [0, 0.05) is 38.9 Å². The summed E-state index contributed by atoms with van der Waals surface area (Å²) < 4.78 is 28.6. The number of hydrogen-bond acceptors (Lipinski definition) is 5. The Balaban J connectivity index is 1.48.